The van der Waals surface area contributed by atoms with Crippen LogP contribution >= 0.6 is 0 Å². The second-order valence-electron chi connectivity index (χ2n) is 10.2. The molecule has 1 aromatic rings. The van der Waals surface area contributed by atoms with E-state index in [0.717, 1.165) is 25.7 Å². The summed E-state index contributed by atoms with van der Waals surface area (Å²) in [7, 11) is 0. The number of unbranched alkanes of at least 4 members (excludes halogenated alkanes) is 10. The van der Waals surface area contributed by atoms with E-state index in [1.807, 2.05) is 0 Å². The summed E-state index contributed by atoms with van der Waals surface area (Å²) >= 11 is 0. The van der Waals surface area contributed by atoms with E-state index in [-0.39, 0.29) is 35.8 Å². The van der Waals surface area contributed by atoms with Gasteiger partial charge in [0.2, 0.25) is 5.75 Å². The normalized spacial score (nSPS) is 14.6. The molecular formula is C29H49NO6. The summed E-state index contributed by atoms with van der Waals surface area (Å²) in [5.74, 6) is -0.778. The molecule has 0 saturated heterocycles. The molecule has 2 heterocycles. The van der Waals surface area contributed by atoms with E-state index in [9.17, 15) is 9.59 Å². The van der Waals surface area contributed by atoms with Crippen LogP contribution in [0.1, 0.15) is 144 Å². The van der Waals surface area contributed by atoms with Crippen molar-refractivity contribution >= 4 is 11.9 Å². The van der Waals surface area contributed by atoms with Crippen LogP contribution in [-0.4, -0.2) is 36.7 Å². The zero-order valence-corrected chi connectivity index (χ0v) is 23.2. The average Bonchev–Trinajstić information content (AvgIpc) is 3.11. The number of aromatic amines is 1. The van der Waals surface area contributed by atoms with E-state index in [0.29, 0.717) is 18.6 Å². The minimum atomic E-state index is -0.563. The summed E-state index contributed by atoms with van der Waals surface area (Å²) < 4.78 is 10.5. The number of hydrogen-bond acceptors (Lipinski definition) is 6. The van der Waals surface area contributed by atoms with E-state index >= 15 is 0 Å². The number of carbonyl (C=O) groups excluding carboxylic acids is 2. The summed E-state index contributed by atoms with van der Waals surface area (Å²) in [6.07, 6.45) is 17.3. The summed E-state index contributed by atoms with van der Waals surface area (Å²) in [6, 6.07) is 0. The third kappa shape index (κ3) is 9.13. The number of rotatable bonds is 18. The maximum absolute atomic E-state index is 12.9. The highest BCUT2D eigenvalue weighted by Crippen LogP contribution is 2.43. The zero-order valence-electron chi connectivity index (χ0n) is 23.2. The van der Waals surface area contributed by atoms with E-state index in [1.54, 1.807) is 13.8 Å². The Hall–Kier alpha value is -2.02. The van der Waals surface area contributed by atoms with Crippen LogP contribution in [-0.2, 0) is 20.8 Å². The quantitative estimate of drug-likeness (QED) is 0.124. The van der Waals surface area contributed by atoms with Crippen LogP contribution in [0.15, 0.2) is 0 Å². The molecule has 36 heavy (non-hydrogen) atoms. The third-order valence-corrected chi connectivity index (χ3v) is 7.19. The fraction of sp³-hybridized carbons (Fsp3) is 0.793. The topological polar surface area (TPSA) is 86.9 Å². The first-order valence-corrected chi connectivity index (χ1v) is 14.4. The van der Waals surface area contributed by atoms with Gasteiger partial charge < -0.3 is 19.3 Å². The minimum absolute atomic E-state index is 0.116. The molecule has 7 nitrogen and oxygen atoms in total. The van der Waals surface area contributed by atoms with Crippen molar-refractivity contribution in [3.63, 3.8) is 0 Å². The largest absolute Gasteiger partial charge is 0.461 e. The molecule has 1 aliphatic rings. The van der Waals surface area contributed by atoms with Crippen LogP contribution in [0, 0.1) is 5.41 Å². The molecule has 1 N–H and O–H groups in total. The van der Waals surface area contributed by atoms with Gasteiger partial charge in [-0.15, -0.1) is 0 Å². The summed E-state index contributed by atoms with van der Waals surface area (Å²) in [5.41, 5.74) is 0.905. The molecule has 0 fully saturated rings. The van der Waals surface area contributed by atoms with Crippen LogP contribution in [0.5, 0.6) is 5.75 Å². The summed E-state index contributed by atoms with van der Waals surface area (Å²) in [6.45, 7) is 8.90. The van der Waals surface area contributed by atoms with Gasteiger partial charge in [-0.05, 0) is 33.1 Å². The molecule has 0 saturated carbocycles. The summed E-state index contributed by atoms with van der Waals surface area (Å²) in [4.78, 5) is 39.9. The van der Waals surface area contributed by atoms with E-state index in [2.05, 4.69) is 18.8 Å². The third-order valence-electron chi connectivity index (χ3n) is 7.19. The molecule has 0 aromatic carbocycles. The van der Waals surface area contributed by atoms with Gasteiger partial charge >= 0.3 is 11.9 Å². The van der Waals surface area contributed by atoms with Gasteiger partial charge in [-0.1, -0.05) is 90.9 Å². The first kappa shape index (κ1) is 30.2. The van der Waals surface area contributed by atoms with Crippen molar-refractivity contribution in [2.24, 2.45) is 5.41 Å². The second kappa shape index (κ2) is 16.7. The van der Waals surface area contributed by atoms with Crippen molar-refractivity contribution in [1.82, 2.24) is 4.98 Å². The molecule has 0 amide bonds. The molecule has 1 aliphatic heterocycles. The van der Waals surface area contributed by atoms with Crippen molar-refractivity contribution in [3.8, 4) is 5.75 Å². The lowest BCUT2D eigenvalue weighted by molar-refractivity contribution is -0.226. The van der Waals surface area contributed by atoms with Crippen LogP contribution in [0.25, 0.3) is 0 Å². The number of aromatic nitrogens is 1. The number of nitrogens with one attached hydrogen (secondary N) is 1. The Morgan fingerprint density at radius 3 is 1.78 bits per heavy atom. The molecule has 1 aromatic heterocycles. The van der Waals surface area contributed by atoms with Crippen molar-refractivity contribution < 1.29 is 28.8 Å². The number of carbonyl (C=O) groups is 2. The van der Waals surface area contributed by atoms with Gasteiger partial charge in [0.15, 0.2) is 5.69 Å². The lowest BCUT2D eigenvalue weighted by atomic mass is 9.74. The lowest BCUT2D eigenvalue weighted by Crippen LogP contribution is -2.29. The molecule has 0 spiro atoms. The SMILES string of the molecule is CCCCCCCCC1(CCCCCCCC)COOc2c(C(=O)OCC)[nH]c(C(=O)OCC)c2C1. The minimum Gasteiger partial charge on any atom is -0.461 e. The van der Waals surface area contributed by atoms with Gasteiger partial charge in [0, 0.05) is 11.0 Å². The van der Waals surface area contributed by atoms with Gasteiger partial charge in [-0.2, -0.15) is 4.89 Å². The highest BCUT2D eigenvalue weighted by molar-refractivity contribution is 5.97. The van der Waals surface area contributed by atoms with Crippen LogP contribution in [0.3, 0.4) is 0 Å². The van der Waals surface area contributed by atoms with E-state index < -0.39 is 11.9 Å². The molecule has 0 aliphatic carbocycles. The first-order valence-electron chi connectivity index (χ1n) is 14.4. The maximum Gasteiger partial charge on any atom is 0.358 e. The van der Waals surface area contributed by atoms with Crippen LogP contribution in [0.2, 0.25) is 0 Å². The van der Waals surface area contributed by atoms with E-state index in [1.165, 1.54) is 64.2 Å². The van der Waals surface area contributed by atoms with Gasteiger partial charge in [0.1, 0.15) is 5.69 Å². The molecule has 0 radical (unpaired) electrons. The van der Waals surface area contributed by atoms with Gasteiger partial charge in [-0.3, -0.25) is 0 Å². The van der Waals surface area contributed by atoms with Crippen LogP contribution in [0.4, 0.5) is 0 Å². The number of hydrogen-bond donors (Lipinski definition) is 1. The predicted octanol–water partition coefficient (Wildman–Crippen LogP) is 7.72. The highest BCUT2D eigenvalue weighted by atomic mass is 17.2. The Balaban J connectivity index is 2.27. The Morgan fingerprint density at radius 2 is 1.25 bits per heavy atom. The molecule has 0 bridgehead atoms. The fourth-order valence-corrected chi connectivity index (χ4v) is 5.15. The zero-order chi connectivity index (χ0) is 26.2. The molecule has 0 atom stereocenters. The standard InChI is InChI=1S/C29H49NO6/c1-5-9-11-13-15-17-19-29(20-18-16-14-12-10-6-2)21-23-24(27(31)33-7-3)30-25(28(32)34-8-4)26(23)36-35-22-29/h30H,5-22H2,1-4H3. The van der Waals surface area contributed by atoms with Gasteiger partial charge in [0.25, 0.3) is 0 Å². The average molecular weight is 508 g/mol. The predicted molar refractivity (Wildman–Crippen MR) is 141 cm³/mol. The Bertz CT molecular complexity index is 771. The highest BCUT2D eigenvalue weighted by Gasteiger charge is 2.40. The lowest BCUT2D eigenvalue weighted by Gasteiger charge is -2.32. The number of H-pyrrole nitrogens is 1. The van der Waals surface area contributed by atoms with Crippen LogP contribution < -0.4 is 4.89 Å². The molecule has 2 rings (SSSR count). The van der Waals surface area contributed by atoms with Crippen molar-refractivity contribution in [3.05, 3.63) is 17.0 Å². The Morgan fingerprint density at radius 1 is 0.750 bits per heavy atom. The summed E-state index contributed by atoms with van der Waals surface area (Å²) in [5, 5.41) is 0. The molecule has 7 heteroatoms. The number of fused-ring (bicyclic) bond motifs is 1. The van der Waals surface area contributed by atoms with Crippen molar-refractivity contribution in [2.75, 3.05) is 19.8 Å². The number of ether oxygens (including phenoxy) is 2. The Labute approximate surface area is 217 Å². The van der Waals surface area contributed by atoms with Crippen molar-refractivity contribution in [2.45, 2.75) is 124 Å². The van der Waals surface area contributed by atoms with Gasteiger partial charge in [-0.25, -0.2) is 9.59 Å². The first-order chi connectivity index (χ1) is 17.5. The van der Waals surface area contributed by atoms with Crippen molar-refractivity contribution in [1.29, 1.82) is 0 Å². The fourth-order valence-electron chi connectivity index (χ4n) is 5.15. The smallest absolute Gasteiger partial charge is 0.358 e. The molecular weight excluding hydrogens is 458 g/mol. The monoisotopic (exact) mass is 507 g/mol. The number of esters is 2. The second-order valence-corrected chi connectivity index (χ2v) is 10.2. The Kier molecular flexibility index (Phi) is 14.0. The molecule has 206 valence electrons. The molecule has 0 unspecified atom stereocenters. The van der Waals surface area contributed by atoms with Gasteiger partial charge in [0.05, 0.1) is 19.8 Å². The maximum atomic E-state index is 12.9. The van der Waals surface area contributed by atoms with E-state index in [4.69, 9.17) is 19.2 Å².